The topological polar surface area (TPSA) is 89.6 Å². The van der Waals surface area contributed by atoms with Crippen LogP contribution in [-0.2, 0) is 17.9 Å². The highest BCUT2D eigenvalue weighted by Gasteiger charge is 2.47. The number of amides is 2. The molecule has 1 N–H and O–H groups in total. The normalized spacial score (nSPS) is 19.6. The molecule has 0 bridgehead atoms. The molecular formula is C28H32N4O4. The van der Waals surface area contributed by atoms with Gasteiger partial charge < -0.3 is 19.4 Å². The quantitative estimate of drug-likeness (QED) is 0.469. The van der Waals surface area contributed by atoms with Crippen molar-refractivity contribution in [1.29, 1.82) is 0 Å². The molecule has 0 saturated carbocycles. The highest BCUT2D eigenvalue weighted by Crippen LogP contribution is 2.31. The van der Waals surface area contributed by atoms with Gasteiger partial charge in [-0.05, 0) is 68.9 Å². The molecule has 1 aliphatic carbocycles. The smallest absolute Gasteiger partial charge is 0.273 e. The molecule has 0 radical (unpaired) electrons. The van der Waals surface area contributed by atoms with Crippen LogP contribution in [0.3, 0.4) is 0 Å². The number of rotatable bonds is 8. The van der Waals surface area contributed by atoms with Crippen LogP contribution in [0.25, 0.3) is 11.5 Å². The zero-order chi connectivity index (χ0) is 25.1. The largest absolute Gasteiger partial charge is 0.497 e. The Hall–Kier alpha value is -3.81. The summed E-state index contributed by atoms with van der Waals surface area (Å²) in [7, 11) is 1.62. The van der Waals surface area contributed by atoms with E-state index in [9.17, 15) is 9.59 Å². The van der Waals surface area contributed by atoms with Gasteiger partial charge in [-0.3, -0.25) is 14.3 Å². The Morgan fingerprint density at radius 3 is 2.75 bits per heavy atom. The fourth-order valence-corrected chi connectivity index (χ4v) is 5.04. The molecule has 3 aromatic rings. The third-order valence-electron chi connectivity index (χ3n) is 7.21. The number of fused-ring (bicyclic) bond motifs is 1. The van der Waals surface area contributed by atoms with Crippen LogP contribution >= 0.6 is 0 Å². The van der Waals surface area contributed by atoms with Crippen molar-refractivity contribution in [3.63, 3.8) is 0 Å². The lowest BCUT2D eigenvalue weighted by molar-refractivity contribution is -0.133. The van der Waals surface area contributed by atoms with E-state index >= 15 is 0 Å². The number of nitrogens with one attached hydrogen (secondary N) is 1. The van der Waals surface area contributed by atoms with E-state index in [0.29, 0.717) is 30.2 Å². The van der Waals surface area contributed by atoms with E-state index in [-0.39, 0.29) is 18.4 Å². The lowest BCUT2D eigenvalue weighted by Crippen LogP contribution is -2.64. The summed E-state index contributed by atoms with van der Waals surface area (Å²) in [5.41, 5.74) is 2.29. The molecule has 8 nitrogen and oxygen atoms in total. The van der Waals surface area contributed by atoms with Crippen LogP contribution in [0.2, 0.25) is 0 Å². The molecule has 1 atom stereocenters. The number of aromatic nitrogens is 2. The number of methoxy groups -OCH3 is 1. The molecule has 36 heavy (non-hydrogen) atoms. The molecule has 5 rings (SSSR count). The van der Waals surface area contributed by atoms with E-state index in [1.165, 1.54) is 18.4 Å². The monoisotopic (exact) mass is 488 g/mol. The molecule has 2 aromatic heterocycles. The van der Waals surface area contributed by atoms with Crippen molar-refractivity contribution < 1.29 is 18.7 Å². The van der Waals surface area contributed by atoms with Gasteiger partial charge >= 0.3 is 0 Å². The van der Waals surface area contributed by atoms with Crippen LogP contribution in [0.15, 0.2) is 64.8 Å². The second-order valence-corrected chi connectivity index (χ2v) is 9.67. The van der Waals surface area contributed by atoms with Gasteiger partial charge in [-0.2, -0.15) is 5.10 Å². The number of nitrogens with zero attached hydrogens (tertiary/aromatic N) is 3. The van der Waals surface area contributed by atoms with Gasteiger partial charge in [-0.25, -0.2) is 0 Å². The van der Waals surface area contributed by atoms with Crippen molar-refractivity contribution in [3.05, 3.63) is 71.6 Å². The van der Waals surface area contributed by atoms with Gasteiger partial charge in [0.25, 0.3) is 5.91 Å². The SMILES string of the molecule is COc1ccc(CNC(=O)C2(C)Cn3nc(-c4ccco4)cc3C(=O)N2CCC2=CCCCC2)cc1. The Morgan fingerprint density at radius 2 is 2.06 bits per heavy atom. The van der Waals surface area contributed by atoms with E-state index < -0.39 is 5.54 Å². The number of furan rings is 1. The number of hydrogen-bond acceptors (Lipinski definition) is 5. The molecule has 2 aliphatic rings. The summed E-state index contributed by atoms with van der Waals surface area (Å²) in [5, 5.41) is 7.67. The molecule has 0 fully saturated rings. The van der Waals surface area contributed by atoms with Crippen LogP contribution < -0.4 is 10.1 Å². The molecule has 1 aromatic carbocycles. The highest BCUT2D eigenvalue weighted by molar-refractivity contribution is 6.00. The number of carbonyl (C=O) groups excluding carboxylic acids is 2. The minimum absolute atomic E-state index is 0.190. The number of allylic oxidation sites excluding steroid dienone is 1. The molecule has 1 aliphatic heterocycles. The summed E-state index contributed by atoms with van der Waals surface area (Å²) in [6.45, 7) is 2.94. The van der Waals surface area contributed by atoms with Crippen molar-refractivity contribution in [3.8, 4) is 17.2 Å². The first-order valence-electron chi connectivity index (χ1n) is 12.5. The van der Waals surface area contributed by atoms with Crippen molar-refractivity contribution in [1.82, 2.24) is 20.0 Å². The Bertz CT molecular complexity index is 1260. The van der Waals surface area contributed by atoms with Crippen LogP contribution in [0.1, 0.15) is 55.1 Å². The summed E-state index contributed by atoms with van der Waals surface area (Å²) >= 11 is 0. The zero-order valence-electron chi connectivity index (χ0n) is 20.8. The molecular weight excluding hydrogens is 456 g/mol. The third-order valence-corrected chi connectivity index (χ3v) is 7.21. The van der Waals surface area contributed by atoms with Gasteiger partial charge in [0.15, 0.2) is 5.76 Å². The first-order valence-corrected chi connectivity index (χ1v) is 12.5. The Balaban J connectivity index is 1.40. The molecule has 8 heteroatoms. The van der Waals surface area contributed by atoms with Crippen LogP contribution in [0, 0.1) is 0 Å². The second kappa shape index (κ2) is 10.0. The molecule has 0 saturated heterocycles. The molecule has 0 spiro atoms. The average molecular weight is 489 g/mol. The summed E-state index contributed by atoms with van der Waals surface area (Å²) < 4.78 is 12.4. The van der Waals surface area contributed by atoms with E-state index in [4.69, 9.17) is 9.15 Å². The van der Waals surface area contributed by atoms with Gasteiger partial charge in [-0.15, -0.1) is 0 Å². The minimum Gasteiger partial charge on any atom is -0.497 e. The molecule has 1 unspecified atom stereocenters. The fraction of sp³-hybridized carbons (Fsp3) is 0.393. The maximum absolute atomic E-state index is 13.8. The maximum atomic E-state index is 13.8. The van der Waals surface area contributed by atoms with Crippen molar-refractivity contribution >= 4 is 11.8 Å². The van der Waals surface area contributed by atoms with Gasteiger partial charge in [0.2, 0.25) is 5.91 Å². The van der Waals surface area contributed by atoms with Gasteiger partial charge in [-0.1, -0.05) is 23.8 Å². The Kier molecular flexibility index (Phi) is 6.67. The van der Waals surface area contributed by atoms with Crippen LogP contribution in [-0.4, -0.2) is 45.7 Å². The lowest BCUT2D eigenvalue weighted by Gasteiger charge is -2.43. The van der Waals surface area contributed by atoms with E-state index in [1.54, 1.807) is 35.1 Å². The van der Waals surface area contributed by atoms with Gasteiger partial charge in [0.1, 0.15) is 22.7 Å². The van der Waals surface area contributed by atoms with E-state index in [1.807, 2.05) is 37.3 Å². The Morgan fingerprint density at radius 1 is 1.22 bits per heavy atom. The van der Waals surface area contributed by atoms with E-state index in [0.717, 1.165) is 30.6 Å². The van der Waals surface area contributed by atoms with Gasteiger partial charge in [0, 0.05) is 19.2 Å². The molecule has 3 heterocycles. The lowest BCUT2D eigenvalue weighted by atomic mass is 9.92. The maximum Gasteiger partial charge on any atom is 0.273 e. The number of carbonyl (C=O) groups is 2. The second-order valence-electron chi connectivity index (χ2n) is 9.67. The molecule has 188 valence electrons. The number of benzene rings is 1. The summed E-state index contributed by atoms with van der Waals surface area (Å²) in [5.74, 6) is 0.959. The van der Waals surface area contributed by atoms with Crippen molar-refractivity contribution in [2.75, 3.05) is 13.7 Å². The van der Waals surface area contributed by atoms with Crippen LogP contribution in [0.4, 0.5) is 0 Å². The highest BCUT2D eigenvalue weighted by atomic mass is 16.5. The Labute approximate surface area is 210 Å². The first-order chi connectivity index (χ1) is 17.5. The first kappa shape index (κ1) is 23.9. The number of ether oxygens (including phenoxy) is 1. The van der Waals surface area contributed by atoms with Crippen LogP contribution in [0.5, 0.6) is 5.75 Å². The van der Waals surface area contributed by atoms with E-state index in [2.05, 4.69) is 16.5 Å². The third kappa shape index (κ3) is 4.67. The number of hydrogen-bond donors (Lipinski definition) is 1. The molecule has 2 amide bonds. The minimum atomic E-state index is -1.09. The standard InChI is InChI=1S/C28H32N4O4/c1-28(27(34)29-18-21-10-12-22(35-2)13-11-21)19-32-24(17-23(30-32)25-9-6-16-36-25)26(33)31(28)15-14-20-7-4-3-5-8-20/h6-7,9-13,16-17H,3-5,8,14-15,18-19H2,1-2H3,(H,29,34). The predicted octanol–water partition coefficient (Wildman–Crippen LogP) is 4.57. The van der Waals surface area contributed by atoms with Gasteiger partial charge in [0.05, 0.1) is 19.9 Å². The van der Waals surface area contributed by atoms with Crippen molar-refractivity contribution in [2.24, 2.45) is 0 Å². The zero-order valence-corrected chi connectivity index (χ0v) is 20.8. The summed E-state index contributed by atoms with van der Waals surface area (Å²) in [6.07, 6.45) is 9.18. The predicted molar refractivity (Wildman–Crippen MR) is 135 cm³/mol. The average Bonchev–Trinajstić information content (AvgIpc) is 3.58. The summed E-state index contributed by atoms with van der Waals surface area (Å²) in [4.78, 5) is 29.2. The fourth-order valence-electron chi connectivity index (χ4n) is 5.04. The summed E-state index contributed by atoms with van der Waals surface area (Å²) in [6, 6.07) is 12.9. The van der Waals surface area contributed by atoms with Crippen molar-refractivity contribution in [2.45, 2.75) is 57.7 Å².